The molecule has 1 saturated heterocycles. The summed E-state index contributed by atoms with van der Waals surface area (Å²) in [6.07, 6.45) is 6.09. The highest BCUT2D eigenvalue weighted by Gasteiger charge is 2.24. The summed E-state index contributed by atoms with van der Waals surface area (Å²) in [4.78, 5) is 31.9. The molecule has 2 N–H and O–H groups in total. The largest absolute Gasteiger partial charge is 0.481 e. The Bertz CT molecular complexity index is 444. The SMILES string of the molecule is O=C(O)CC1CCN(C(=O)Nc2cncnc2)CC1. The standard InChI is InChI=1S/C12H16N4O3/c17-11(18)5-9-1-3-16(4-2-9)12(19)15-10-6-13-8-14-7-10/h6-9H,1-5H2,(H,15,19)(H,17,18). The van der Waals surface area contributed by atoms with E-state index in [1.165, 1.54) is 18.7 Å². The summed E-state index contributed by atoms with van der Waals surface area (Å²) in [7, 11) is 0. The molecule has 1 aliphatic rings. The average Bonchev–Trinajstić information content (AvgIpc) is 2.40. The van der Waals surface area contributed by atoms with Crippen molar-refractivity contribution in [2.45, 2.75) is 19.3 Å². The minimum atomic E-state index is -0.774. The molecule has 1 aliphatic heterocycles. The second-order valence-electron chi connectivity index (χ2n) is 4.59. The van der Waals surface area contributed by atoms with Gasteiger partial charge in [0.25, 0.3) is 0 Å². The highest BCUT2D eigenvalue weighted by atomic mass is 16.4. The summed E-state index contributed by atoms with van der Waals surface area (Å²) in [5, 5.41) is 11.4. The first kappa shape index (κ1) is 13.3. The Morgan fingerprint density at radius 3 is 2.53 bits per heavy atom. The molecule has 7 heteroatoms. The molecule has 102 valence electrons. The Kier molecular flexibility index (Phi) is 4.27. The van der Waals surface area contributed by atoms with E-state index in [0.717, 1.165) is 12.8 Å². The van der Waals surface area contributed by atoms with E-state index in [-0.39, 0.29) is 18.4 Å². The number of hydrogen-bond donors (Lipinski definition) is 2. The first-order chi connectivity index (χ1) is 9.15. The lowest BCUT2D eigenvalue weighted by molar-refractivity contribution is -0.138. The third kappa shape index (κ3) is 3.90. The van der Waals surface area contributed by atoms with Crippen LogP contribution in [0.3, 0.4) is 0 Å². The van der Waals surface area contributed by atoms with Crippen LogP contribution < -0.4 is 5.32 Å². The number of likely N-dealkylation sites (tertiary alicyclic amines) is 1. The summed E-state index contributed by atoms with van der Waals surface area (Å²) in [5.41, 5.74) is 0.556. The minimum Gasteiger partial charge on any atom is -0.481 e. The number of rotatable bonds is 3. The number of aliphatic carboxylic acids is 1. The van der Waals surface area contributed by atoms with Gasteiger partial charge in [-0.3, -0.25) is 4.79 Å². The van der Waals surface area contributed by atoms with Crippen molar-refractivity contribution in [3.63, 3.8) is 0 Å². The Labute approximate surface area is 110 Å². The number of hydrogen-bond acceptors (Lipinski definition) is 4. The smallest absolute Gasteiger partial charge is 0.321 e. The molecule has 1 fully saturated rings. The summed E-state index contributed by atoms with van der Waals surface area (Å²) >= 11 is 0. The van der Waals surface area contributed by atoms with Crippen molar-refractivity contribution in [2.75, 3.05) is 18.4 Å². The molecular weight excluding hydrogens is 248 g/mol. The topological polar surface area (TPSA) is 95.4 Å². The zero-order valence-electron chi connectivity index (χ0n) is 10.5. The van der Waals surface area contributed by atoms with E-state index in [2.05, 4.69) is 15.3 Å². The number of carbonyl (C=O) groups is 2. The van der Waals surface area contributed by atoms with Gasteiger partial charge in [0.1, 0.15) is 6.33 Å². The molecule has 2 amide bonds. The molecule has 2 rings (SSSR count). The Balaban J connectivity index is 1.81. The van der Waals surface area contributed by atoms with Gasteiger partial charge in [0.15, 0.2) is 0 Å². The Morgan fingerprint density at radius 2 is 1.95 bits per heavy atom. The van der Waals surface area contributed by atoms with Crippen LogP contribution in [0.4, 0.5) is 10.5 Å². The van der Waals surface area contributed by atoms with E-state index in [0.29, 0.717) is 18.8 Å². The molecule has 0 saturated carbocycles. The fraction of sp³-hybridized carbons (Fsp3) is 0.500. The predicted octanol–water partition coefficient (Wildman–Crippen LogP) is 1.20. The second-order valence-corrected chi connectivity index (χ2v) is 4.59. The predicted molar refractivity (Wildman–Crippen MR) is 67.6 cm³/mol. The fourth-order valence-corrected chi connectivity index (χ4v) is 2.15. The summed E-state index contributed by atoms with van der Waals surface area (Å²) in [6, 6.07) is -0.191. The molecule has 19 heavy (non-hydrogen) atoms. The zero-order chi connectivity index (χ0) is 13.7. The molecule has 0 unspecified atom stereocenters. The fourth-order valence-electron chi connectivity index (χ4n) is 2.15. The van der Waals surface area contributed by atoms with Crippen LogP contribution in [-0.4, -0.2) is 45.1 Å². The number of carboxylic acids is 1. The van der Waals surface area contributed by atoms with E-state index < -0.39 is 5.97 Å². The normalized spacial score (nSPS) is 16.1. The molecule has 1 aromatic heterocycles. The molecule has 0 spiro atoms. The van der Waals surface area contributed by atoms with Crippen LogP contribution in [0.5, 0.6) is 0 Å². The van der Waals surface area contributed by atoms with Gasteiger partial charge in [-0.25, -0.2) is 14.8 Å². The lowest BCUT2D eigenvalue weighted by Crippen LogP contribution is -2.41. The molecule has 0 atom stereocenters. The molecule has 0 radical (unpaired) electrons. The van der Waals surface area contributed by atoms with Crippen molar-refractivity contribution < 1.29 is 14.7 Å². The van der Waals surface area contributed by atoms with E-state index in [1.54, 1.807) is 4.90 Å². The van der Waals surface area contributed by atoms with E-state index in [4.69, 9.17) is 5.11 Å². The van der Waals surface area contributed by atoms with Crippen LogP contribution in [0.15, 0.2) is 18.7 Å². The molecular formula is C12H16N4O3. The van der Waals surface area contributed by atoms with Gasteiger partial charge in [-0.1, -0.05) is 0 Å². The van der Waals surface area contributed by atoms with Crippen LogP contribution >= 0.6 is 0 Å². The van der Waals surface area contributed by atoms with Gasteiger partial charge in [-0.15, -0.1) is 0 Å². The quantitative estimate of drug-likeness (QED) is 0.855. The lowest BCUT2D eigenvalue weighted by atomic mass is 9.94. The van der Waals surface area contributed by atoms with Gasteiger partial charge in [-0.2, -0.15) is 0 Å². The molecule has 7 nitrogen and oxygen atoms in total. The van der Waals surface area contributed by atoms with Crippen molar-refractivity contribution >= 4 is 17.7 Å². The van der Waals surface area contributed by atoms with Gasteiger partial charge in [0, 0.05) is 19.5 Å². The maximum Gasteiger partial charge on any atom is 0.321 e. The number of anilines is 1. The minimum absolute atomic E-state index is 0.168. The van der Waals surface area contributed by atoms with Gasteiger partial charge >= 0.3 is 12.0 Å². The molecule has 0 aromatic carbocycles. The Hall–Kier alpha value is -2.18. The Morgan fingerprint density at radius 1 is 1.32 bits per heavy atom. The van der Waals surface area contributed by atoms with Crippen molar-refractivity contribution in [1.29, 1.82) is 0 Å². The number of aromatic nitrogens is 2. The van der Waals surface area contributed by atoms with Crippen molar-refractivity contribution in [1.82, 2.24) is 14.9 Å². The summed E-state index contributed by atoms with van der Waals surface area (Å²) < 4.78 is 0. The first-order valence-corrected chi connectivity index (χ1v) is 6.18. The third-order valence-corrected chi connectivity index (χ3v) is 3.18. The highest BCUT2D eigenvalue weighted by Crippen LogP contribution is 2.20. The van der Waals surface area contributed by atoms with Crippen molar-refractivity contribution in [2.24, 2.45) is 5.92 Å². The number of carboxylic acid groups (broad SMARTS) is 1. The monoisotopic (exact) mass is 264 g/mol. The van der Waals surface area contributed by atoms with E-state index in [9.17, 15) is 9.59 Å². The summed E-state index contributed by atoms with van der Waals surface area (Å²) in [6.45, 7) is 1.16. The van der Waals surface area contributed by atoms with Crippen LogP contribution in [-0.2, 0) is 4.79 Å². The second kappa shape index (κ2) is 6.12. The number of piperidine rings is 1. The van der Waals surface area contributed by atoms with Gasteiger partial charge < -0.3 is 15.3 Å². The van der Waals surface area contributed by atoms with Crippen molar-refractivity contribution in [3.8, 4) is 0 Å². The zero-order valence-corrected chi connectivity index (χ0v) is 10.5. The average molecular weight is 264 g/mol. The van der Waals surface area contributed by atoms with Gasteiger partial charge in [-0.05, 0) is 18.8 Å². The number of nitrogens with zero attached hydrogens (tertiary/aromatic N) is 3. The number of urea groups is 1. The van der Waals surface area contributed by atoms with E-state index in [1.807, 2.05) is 0 Å². The number of nitrogens with one attached hydrogen (secondary N) is 1. The lowest BCUT2D eigenvalue weighted by Gasteiger charge is -2.31. The van der Waals surface area contributed by atoms with E-state index >= 15 is 0 Å². The van der Waals surface area contributed by atoms with Crippen LogP contribution in [0, 0.1) is 5.92 Å². The number of carbonyl (C=O) groups excluding carboxylic acids is 1. The van der Waals surface area contributed by atoms with Crippen LogP contribution in [0.1, 0.15) is 19.3 Å². The first-order valence-electron chi connectivity index (χ1n) is 6.18. The third-order valence-electron chi connectivity index (χ3n) is 3.18. The van der Waals surface area contributed by atoms with Crippen molar-refractivity contribution in [3.05, 3.63) is 18.7 Å². The van der Waals surface area contributed by atoms with Crippen LogP contribution in [0.2, 0.25) is 0 Å². The van der Waals surface area contributed by atoms with Gasteiger partial charge in [0.05, 0.1) is 18.1 Å². The summed E-state index contributed by atoms with van der Waals surface area (Å²) in [5.74, 6) is -0.606. The molecule has 1 aromatic rings. The highest BCUT2D eigenvalue weighted by molar-refractivity contribution is 5.88. The molecule has 0 aliphatic carbocycles. The maximum atomic E-state index is 11.9. The molecule has 0 bridgehead atoms. The maximum absolute atomic E-state index is 11.9. The van der Waals surface area contributed by atoms with Crippen LogP contribution in [0.25, 0.3) is 0 Å². The van der Waals surface area contributed by atoms with Gasteiger partial charge in [0.2, 0.25) is 0 Å². The molecule has 2 heterocycles. The number of amides is 2.